The number of thiophene rings is 1. The third-order valence-corrected chi connectivity index (χ3v) is 4.60. The Labute approximate surface area is 115 Å². The first-order valence-electron chi connectivity index (χ1n) is 4.65. The van der Waals surface area contributed by atoms with Gasteiger partial charge in [-0.3, -0.25) is 5.84 Å². The van der Waals surface area contributed by atoms with Crippen LogP contribution in [0.5, 0.6) is 0 Å². The van der Waals surface area contributed by atoms with E-state index in [1.54, 1.807) is 11.3 Å². The molecule has 0 spiro atoms. The first-order chi connectivity index (χ1) is 7.72. The van der Waals surface area contributed by atoms with Gasteiger partial charge < -0.3 is 0 Å². The molecule has 0 aliphatic rings. The predicted molar refractivity (Wildman–Crippen MR) is 75.3 cm³/mol. The zero-order valence-corrected chi connectivity index (χ0v) is 12.3. The van der Waals surface area contributed by atoms with Crippen molar-refractivity contribution in [2.24, 2.45) is 5.84 Å². The number of hydrogen-bond acceptors (Lipinski definition) is 3. The largest absolute Gasteiger partial charge is 0.271 e. The lowest BCUT2D eigenvalue weighted by molar-refractivity contribution is 0.636. The van der Waals surface area contributed by atoms with Gasteiger partial charge in [0.05, 0.1) is 6.04 Å². The maximum absolute atomic E-state index is 5.63. The summed E-state index contributed by atoms with van der Waals surface area (Å²) in [5.74, 6) is 5.63. The van der Waals surface area contributed by atoms with Crippen LogP contribution in [0.25, 0.3) is 0 Å². The molecule has 3 N–H and O–H groups in total. The SMILES string of the molecule is NNC(c1ccc(Br)cc1)c1cscc1Br. The molecule has 0 bridgehead atoms. The Hall–Kier alpha value is -0.200. The molecule has 1 aromatic heterocycles. The van der Waals surface area contributed by atoms with Crippen LogP contribution in [0, 0.1) is 0 Å². The average molecular weight is 362 g/mol. The second kappa shape index (κ2) is 5.42. The van der Waals surface area contributed by atoms with E-state index in [0.29, 0.717) is 0 Å². The second-order valence-corrected chi connectivity index (χ2v) is 5.84. The van der Waals surface area contributed by atoms with Crippen LogP contribution in [0.2, 0.25) is 0 Å². The van der Waals surface area contributed by atoms with Crippen molar-refractivity contribution in [3.63, 3.8) is 0 Å². The van der Waals surface area contributed by atoms with Crippen molar-refractivity contribution in [1.29, 1.82) is 0 Å². The molecule has 0 fully saturated rings. The number of hydrazine groups is 1. The van der Waals surface area contributed by atoms with E-state index >= 15 is 0 Å². The summed E-state index contributed by atoms with van der Waals surface area (Å²) in [4.78, 5) is 0. The van der Waals surface area contributed by atoms with Crippen molar-refractivity contribution in [3.05, 3.63) is 55.1 Å². The highest BCUT2D eigenvalue weighted by Gasteiger charge is 2.15. The molecular weight excluding hydrogens is 352 g/mol. The highest BCUT2D eigenvalue weighted by molar-refractivity contribution is 9.10. The van der Waals surface area contributed by atoms with Crippen LogP contribution in [0.3, 0.4) is 0 Å². The maximum atomic E-state index is 5.63. The van der Waals surface area contributed by atoms with Crippen LogP contribution < -0.4 is 11.3 Å². The van der Waals surface area contributed by atoms with Gasteiger partial charge in [0.15, 0.2) is 0 Å². The molecule has 16 heavy (non-hydrogen) atoms. The minimum absolute atomic E-state index is 0.0220. The highest BCUT2D eigenvalue weighted by atomic mass is 79.9. The van der Waals surface area contributed by atoms with Gasteiger partial charge in [-0.25, -0.2) is 5.43 Å². The molecule has 1 heterocycles. The summed E-state index contributed by atoms with van der Waals surface area (Å²) in [5.41, 5.74) is 5.15. The van der Waals surface area contributed by atoms with E-state index < -0.39 is 0 Å². The molecule has 5 heteroatoms. The van der Waals surface area contributed by atoms with Crippen LogP contribution in [0.4, 0.5) is 0 Å². The summed E-state index contributed by atoms with van der Waals surface area (Å²) in [6.07, 6.45) is 0. The molecule has 1 aromatic carbocycles. The number of halogens is 2. The van der Waals surface area contributed by atoms with Gasteiger partial charge in [0.2, 0.25) is 0 Å². The summed E-state index contributed by atoms with van der Waals surface area (Å²) in [6.45, 7) is 0. The molecule has 0 aliphatic carbocycles. The van der Waals surface area contributed by atoms with Gasteiger partial charge in [-0.2, -0.15) is 11.3 Å². The average Bonchev–Trinajstić information content (AvgIpc) is 2.69. The molecule has 1 atom stereocenters. The Morgan fingerprint density at radius 2 is 1.81 bits per heavy atom. The van der Waals surface area contributed by atoms with E-state index in [1.807, 2.05) is 12.1 Å². The molecular formula is C11H10Br2N2S. The first-order valence-corrected chi connectivity index (χ1v) is 7.18. The van der Waals surface area contributed by atoms with Crippen LogP contribution in [-0.2, 0) is 0 Å². The van der Waals surface area contributed by atoms with E-state index in [9.17, 15) is 0 Å². The molecule has 0 saturated carbocycles. The molecule has 84 valence electrons. The van der Waals surface area contributed by atoms with Crippen LogP contribution in [-0.4, -0.2) is 0 Å². The van der Waals surface area contributed by atoms with E-state index in [2.05, 4.69) is 60.2 Å². The standard InChI is InChI=1S/C11H10Br2N2S/c12-8-3-1-7(2-4-8)11(15-14)9-5-16-6-10(9)13/h1-6,11,15H,14H2. The number of rotatable bonds is 3. The van der Waals surface area contributed by atoms with E-state index in [0.717, 1.165) is 20.1 Å². The third kappa shape index (κ3) is 2.55. The second-order valence-electron chi connectivity index (χ2n) is 3.33. The normalized spacial score (nSPS) is 12.7. The van der Waals surface area contributed by atoms with Crippen LogP contribution in [0.15, 0.2) is 44.0 Å². The van der Waals surface area contributed by atoms with Gasteiger partial charge in [-0.05, 0) is 44.6 Å². The van der Waals surface area contributed by atoms with Gasteiger partial charge in [0.25, 0.3) is 0 Å². The van der Waals surface area contributed by atoms with Crippen molar-refractivity contribution in [2.45, 2.75) is 6.04 Å². The van der Waals surface area contributed by atoms with E-state index in [-0.39, 0.29) is 6.04 Å². The summed E-state index contributed by atoms with van der Waals surface area (Å²) >= 11 is 8.60. The summed E-state index contributed by atoms with van der Waals surface area (Å²) in [6, 6.07) is 8.16. The molecule has 2 rings (SSSR count). The van der Waals surface area contributed by atoms with Crippen LogP contribution in [0.1, 0.15) is 17.2 Å². The quantitative estimate of drug-likeness (QED) is 0.644. The smallest absolute Gasteiger partial charge is 0.0729 e. The Morgan fingerprint density at radius 3 is 2.31 bits per heavy atom. The molecule has 1 unspecified atom stereocenters. The first kappa shape index (κ1) is 12.3. The highest BCUT2D eigenvalue weighted by Crippen LogP contribution is 2.31. The molecule has 0 saturated heterocycles. The minimum Gasteiger partial charge on any atom is -0.271 e. The van der Waals surface area contributed by atoms with E-state index in [4.69, 9.17) is 5.84 Å². The van der Waals surface area contributed by atoms with Gasteiger partial charge in [-0.15, -0.1) is 0 Å². The van der Waals surface area contributed by atoms with Gasteiger partial charge in [0.1, 0.15) is 0 Å². The fraction of sp³-hybridized carbons (Fsp3) is 0.0909. The van der Waals surface area contributed by atoms with E-state index in [1.165, 1.54) is 0 Å². The van der Waals surface area contributed by atoms with Crippen molar-refractivity contribution in [2.75, 3.05) is 0 Å². The van der Waals surface area contributed by atoms with Gasteiger partial charge in [-0.1, -0.05) is 28.1 Å². The summed E-state index contributed by atoms with van der Waals surface area (Å²) in [5, 5.41) is 4.15. The Morgan fingerprint density at radius 1 is 1.12 bits per heavy atom. The summed E-state index contributed by atoms with van der Waals surface area (Å²) < 4.78 is 2.15. The van der Waals surface area contributed by atoms with Crippen molar-refractivity contribution < 1.29 is 0 Å². The maximum Gasteiger partial charge on any atom is 0.0729 e. The fourth-order valence-electron chi connectivity index (χ4n) is 1.52. The van der Waals surface area contributed by atoms with Gasteiger partial charge >= 0.3 is 0 Å². The monoisotopic (exact) mass is 360 g/mol. The minimum atomic E-state index is 0.0220. The van der Waals surface area contributed by atoms with Crippen molar-refractivity contribution in [1.82, 2.24) is 5.43 Å². The van der Waals surface area contributed by atoms with Gasteiger partial charge in [0, 0.05) is 14.3 Å². The third-order valence-electron chi connectivity index (χ3n) is 2.32. The predicted octanol–water partition coefficient (Wildman–Crippen LogP) is 3.83. The molecule has 2 aromatic rings. The Bertz CT molecular complexity index is 467. The number of nitrogens with two attached hydrogens (primary N) is 1. The Kier molecular flexibility index (Phi) is 4.16. The zero-order valence-electron chi connectivity index (χ0n) is 8.28. The topological polar surface area (TPSA) is 38.0 Å². The molecule has 0 aliphatic heterocycles. The molecule has 0 amide bonds. The lowest BCUT2D eigenvalue weighted by atomic mass is 10.0. The fourth-order valence-corrected chi connectivity index (χ4v) is 3.33. The van der Waals surface area contributed by atoms with Crippen LogP contribution >= 0.6 is 43.2 Å². The zero-order chi connectivity index (χ0) is 11.5. The van der Waals surface area contributed by atoms with Crippen molar-refractivity contribution >= 4 is 43.2 Å². The number of hydrogen-bond donors (Lipinski definition) is 2. The number of nitrogens with one attached hydrogen (secondary N) is 1. The number of benzene rings is 1. The summed E-state index contributed by atoms with van der Waals surface area (Å²) in [7, 11) is 0. The molecule has 2 nitrogen and oxygen atoms in total. The lowest BCUT2D eigenvalue weighted by Gasteiger charge is -2.16. The molecule has 0 radical (unpaired) electrons. The van der Waals surface area contributed by atoms with Crippen molar-refractivity contribution in [3.8, 4) is 0 Å². The Balaban J connectivity index is 2.37. The lowest BCUT2D eigenvalue weighted by Crippen LogP contribution is -2.28.